The maximum atomic E-state index is 12.3. The molecule has 0 aromatic rings. The molecule has 0 spiro atoms. The molecule has 0 aliphatic carbocycles. The Kier molecular flexibility index (Phi) is 6.96. The largest absolute Gasteiger partial charge is 0.396 e. The Balaban J connectivity index is 2.40. The number of nitrogens with one attached hydrogen (secondary N) is 1. The number of carbonyl (C=O) groups is 1. The van der Waals surface area contributed by atoms with Gasteiger partial charge in [-0.05, 0) is 31.7 Å². The molecule has 1 rings (SSSR count). The summed E-state index contributed by atoms with van der Waals surface area (Å²) in [7, 11) is 0. The molecular formula is C16H32N2O2. The van der Waals surface area contributed by atoms with Crippen molar-refractivity contribution < 1.29 is 9.90 Å². The molecule has 0 bridgehead atoms. The highest BCUT2D eigenvalue weighted by Gasteiger charge is 2.31. The second-order valence-electron chi connectivity index (χ2n) is 6.72. The second kappa shape index (κ2) is 7.99. The van der Waals surface area contributed by atoms with Gasteiger partial charge < -0.3 is 15.3 Å². The lowest BCUT2D eigenvalue weighted by Gasteiger charge is -2.30. The molecule has 1 heterocycles. The Morgan fingerprint density at radius 1 is 1.40 bits per heavy atom. The van der Waals surface area contributed by atoms with E-state index in [1.807, 2.05) is 0 Å². The quantitative estimate of drug-likeness (QED) is 0.715. The standard InChI is InChI=1S/C16H32N2O2/c1-5-16(6-2,12-19)11-17-15(20)14-7-8-18(10-14)9-13(3)4/h13-14,19H,5-12H2,1-4H3,(H,17,20). The summed E-state index contributed by atoms with van der Waals surface area (Å²) >= 11 is 0. The Morgan fingerprint density at radius 3 is 2.55 bits per heavy atom. The van der Waals surface area contributed by atoms with Crippen LogP contribution in [-0.4, -0.2) is 48.7 Å². The number of likely N-dealkylation sites (tertiary alicyclic amines) is 1. The van der Waals surface area contributed by atoms with E-state index in [0.717, 1.165) is 38.9 Å². The average Bonchev–Trinajstić information content (AvgIpc) is 2.88. The maximum absolute atomic E-state index is 12.3. The molecule has 0 radical (unpaired) electrons. The van der Waals surface area contributed by atoms with E-state index < -0.39 is 0 Å². The predicted molar refractivity (Wildman–Crippen MR) is 82.5 cm³/mol. The first-order chi connectivity index (χ1) is 9.46. The molecule has 1 atom stereocenters. The smallest absolute Gasteiger partial charge is 0.224 e. The summed E-state index contributed by atoms with van der Waals surface area (Å²) in [6.45, 7) is 12.3. The molecule has 4 nitrogen and oxygen atoms in total. The van der Waals surface area contributed by atoms with Gasteiger partial charge in [-0.15, -0.1) is 0 Å². The summed E-state index contributed by atoms with van der Waals surface area (Å²) in [5, 5.41) is 12.6. The van der Waals surface area contributed by atoms with Gasteiger partial charge in [0.2, 0.25) is 5.91 Å². The van der Waals surface area contributed by atoms with Gasteiger partial charge in [0.05, 0.1) is 12.5 Å². The van der Waals surface area contributed by atoms with E-state index >= 15 is 0 Å². The van der Waals surface area contributed by atoms with Crippen molar-refractivity contribution in [3.8, 4) is 0 Å². The molecule has 0 saturated carbocycles. The van der Waals surface area contributed by atoms with Crippen LogP contribution in [0.25, 0.3) is 0 Å². The third kappa shape index (κ3) is 4.74. The third-order valence-electron chi connectivity index (χ3n) is 4.74. The Morgan fingerprint density at radius 2 is 2.05 bits per heavy atom. The highest BCUT2D eigenvalue weighted by atomic mass is 16.3. The number of hydrogen-bond donors (Lipinski definition) is 2. The van der Waals surface area contributed by atoms with Crippen LogP contribution in [0.4, 0.5) is 0 Å². The van der Waals surface area contributed by atoms with Crippen molar-refractivity contribution in [3.63, 3.8) is 0 Å². The van der Waals surface area contributed by atoms with E-state index in [-0.39, 0.29) is 23.8 Å². The molecule has 1 unspecified atom stereocenters. The van der Waals surface area contributed by atoms with Gasteiger partial charge in [-0.3, -0.25) is 4.79 Å². The van der Waals surface area contributed by atoms with Crippen LogP contribution in [0.1, 0.15) is 47.0 Å². The minimum absolute atomic E-state index is 0.124. The molecule has 1 fully saturated rings. The number of rotatable bonds is 8. The summed E-state index contributed by atoms with van der Waals surface area (Å²) in [5.74, 6) is 0.939. The molecule has 1 aliphatic heterocycles. The van der Waals surface area contributed by atoms with E-state index in [2.05, 4.69) is 37.9 Å². The number of hydrogen-bond acceptors (Lipinski definition) is 3. The van der Waals surface area contributed by atoms with Gasteiger partial charge in [0, 0.05) is 25.0 Å². The first-order valence-electron chi connectivity index (χ1n) is 8.07. The van der Waals surface area contributed by atoms with Crippen LogP contribution in [0.3, 0.4) is 0 Å². The highest BCUT2D eigenvalue weighted by molar-refractivity contribution is 5.79. The number of aliphatic hydroxyl groups excluding tert-OH is 1. The summed E-state index contributed by atoms with van der Waals surface area (Å²) < 4.78 is 0. The Labute approximate surface area is 123 Å². The molecule has 2 N–H and O–H groups in total. The molecule has 1 amide bonds. The van der Waals surface area contributed by atoms with Gasteiger partial charge in [0.1, 0.15) is 0 Å². The van der Waals surface area contributed by atoms with Crippen molar-refractivity contribution in [3.05, 3.63) is 0 Å². The fourth-order valence-corrected chi connectivity index (χ4v) is 2.93. The number of nitrogens with zero attached hydrogens (tertiary/aromatic N) is 1. The summed E-state index contributed by atoms with van der Waals surface area (Å²) in [5.41, 5.74) is -0.147. The van der Waals surface area contributed by atoms with Crippen molar-refractivity contribution in [2.75, 3.05) is 32.8 Å². The first-order valence-corrected chi connectivity index (χ1v) is 8.07. The minimum atomic E-state index is -0.147. The van der Waals surface area contributed by atoms with Gasteiger partial charge >= 0.3 is 0 Å². The fourth-order valence-electron chi connectivity index (χ4n) is 2.93. The van der Waals surface area contributed by atoms with Gasteiger partial charge in [-0.2, -0.15) is 0 Å². The van der Waals surface area contributed by atoms with Crippen LogP contribution in [0, 0.1) is 17.3 Å². The lowest BCUT2D eigenvalue weighted by Crippen LogP contribution is -2.42. The molecular weight excluding hydrogens is 252 g/mol. The highest BCUT2D eigenvalue weighted by Crippen LogP contribution is 2.25. The summed E-state index contributed by atoms with van der Waals surface area (Å²) in [6.07, 6.45) is 2.75. The van der Waals surface area contributed by atoms with Gasteiger partial charge in [-0.25, -0.2) is 0 Å². The van der Waals surface area contributed by atoms with Crippen LogP contribution < -0.4 is 5.32 Å². The molecule has 20 heavy (non-hydrogen) atoms. The zero-order valence-corrected chi connectivity index (χ0v) is 13.6. The van der Waals surface area contributed by atoms with Crippen molar-refractivity contribution in [2.24, 2.45) is 17.3 Å². The SMILES string of the molecule is CCC(CC)(CO)CNC(=O)C1CCN(CC(C)C)C1. The lowest BCUT2D eigenvalue weighted by atomic mass is 9.83. The van der Waals surface area contributed by atoms with Crippen LogP contribution in [0.2, 0.25) is 0 Å². The third-order valence-corrected chi connectivity index (χ3v) is 4.74. The topological polar surface area (TPSA) is 52.6 Å². The van der Waals surface area contributed by atoms with Crippen LogP contribution in [0.5, 0.6) is 0 Å². The fraction of sp³-hybridized carbons (Fsp3) is 0.938. The number of amides is 1. The van der Waals surface area contributed by atoms with Crippen molar-refractivity contribution in [2.45, 2.75) is 47.0 Å². The van der Waals surface area contributed by atoms with Crippen molar-refractivity contribution in [1.29, 1.82) is 0 Å². The predicted octanol–water partition coefficient (Wildman–Crippen LogP) is 1.88. The Bertz CT molecular complexity index is 293. The van der Waals surface area contributed by atoms with Crippen molar-refractivity contribution >= 4 is 5.91 Å². The Hall–Kier alpha value is -0.610. The monoisotopic (exact) mass is 284 g/mol. The minimum Gasteiger partial charge on any atom is -0.396 e. The number of aliphatic hydroxyl groups is 1. The zero-order chi connectivity index (χ0) is 15.2. The zero-order valence-electron chi connectivity index (χ0n) is 13.6. The second-order valence-corrected chi connectivity index (χ2v) is 6.72. The van der Waals surface area contributed by atoms with Crippen LogP contribution in [0.15, 0.2) is 0 Å². The van der Waals surface area contributed by atoms with Gasteiger partial charge in [0.15, 0.2) is 0 Å². The molecule has 1 aliphatic rings. The van der Waals surface area contributed by atoms with E-state index in [1.54, 1.807) is 0 Å². The molecule has 1 saturated heterocycles. The van der Waals surface area contributed by atoms with Gasteiger partial charge in [-0.1, -0.05) is 27.7 Å². The molecule has 0 aromatic heterocycles. The van der Waals surface area contributed by atoms with Crippen LogP contribution >= 0.6 is 0 Å². The van der Waals surface area contributed by atoms with Crippen LogP contribution in [-0.2, 0) is 4.79 Å². The lowest BCUT2D eigenvalue weighted by molar-refractivity contribution is -0.125. The van der Waals surface area contributed by atoms with E-state index in [1.165, 1.54) is 0 Å². The summed E-state index contributed by atoms with van der Waals surface area (Å²) in [4.78, 5) is 14.6. The summed E-state index contributed by atoms with van der Waals surface area (Å²) in [6, 6.07) is 0. The average molecular weight is 284 g/mol. The van der Waals surface area contributed by atoms with E-state index in [0.29, 0.717) is 12.5 Å². The van der Waals surface area contributed by atoms with Gasteiger partial charge in [0.25, 0.3) is 0 Å². The van der Waals surface area contributed by atoms with Crippen molar-refractivity contribution in [1.82, 2.24) is 10.2 Å². The van der Waals surface area contributed by atoms with E-state index in [4.69, 9.17) is 0 Å². The number of carbonyl (C=O) groups excluding carboxylic acids is 1. The molecule has 0 aromatic carbocycles. The maximum Gasteiger partial charge on any atom is 0.224 e. The molecule has 4 heteroatoms. The first kappa shape index (κ1) is 17.4. The normalized spacial score (nSPS) is 20.6. The van der Waals surface area contributed by atoms with E-state index in [9.17, 15) is 9.90 Å². The molecule has 118 valence electrons.